The van der Waals surface area contributed by atoms with Gasteiger partial charge in [-0.1, -0.05) is 6.58 Å². The minimum Gasteiger partial charge on any atom is -0.462 e. The van der Waals surface area contributed by atoms with Crippen LogP contribution in [0.3, 0.4) is 0 Å². The number of carbonyl (C=O) groups excluding carboxylic acids is 3. The molecule has 0 atom stereocenters. The predicted octanol–water partition coefficient (Wildman–Crippen LogP) is 0.449. The molecular weight excluding hydrogens is 322 g/mol. The average molecular weight is 347 g/mol. The maximum atomic E-state index is 11.6. The van der Waals surface area contributed by atoms with Crippen LogP contribution in [-0.2, 0) is 32.7 Å². The van der Waals surface area contributed by atoms with Crippen molar-refractivity contribution in [3.8, 4) is 0 Å². The molecule has 23 heavy (non-hydrogen) atoms. The SMILES string of the molecule is C=C(C)C(=O)OCCOC(=O)CCC(=O)NC[Si](C)(OC)OC. The Morgan fingerprint density at radius 2 is 1.61 bits per heavy atom. The Bertz CT molecular complexity index is 435. The van der Waals surface area contributed by atoms with Crippen LogP contribution in [-0.4, -0.2) is 60.0 Å². The monoisotopic (exact) mass is 347 g/mol. The Labute approximate surface area is 137 Å². The summed E-state index contributed by atoms with van der Waals surface area (Å²) in [6.45, 7) is 6.65. The van der Waals surface area contributed by atoms with Crippen LogP contribution in [0, 0.1) is 0 Å². The number of hydrogen-bond acceptors (Lipinski definition) is 7. The van der Waals surface area contributed by atoms with E-state index in [-0.39, 0.29) is 37.5 Å². The van der Waals surface area contributed by atoms with Crippen LogP contribution in [0.2, 0.25) is 6.55 Å². The fraction of sp³-hybridized carbons (Fsp3) is 0.643. The van der Waals surface area contributed by atoms with E-state index in [4.69, 9.17) is 18.3 Å². The third kappa shape index (κ3) is 9.82. The Balaban J connectivity index is 3.82. The van der Waals surface area contributed by atoms with E-state index in [1.54, 1.807) is 0 Å². The molecule has 132 valence electrons. The zero-order valence-electron chi connectivity index (χ0n) is 14.1. The Hall–Kier alpha value is -1.71. The second-order valence-corrected chi connectivity index (χ2v) is 8.39. The molecule has 8 nitrogen and oxygen atoms in total. The summed E-state index contributed by atoms with van der Waals surface area (Å²) in [6.07, 6.45) is 0.242. The molecule has 0 spiro atoms. The minimum atomic E-state index is -2.37. The van der Waals surface area contributed by atoms with Gasteiger partial charge in [-0.15, -0.1) is 0 Å². The smallest absolute Gasteiger partial charge is 0.354 e. The van der Waals surface area contributed by atoms with E-state index < -0.39 is 20.5 Å². The first kappa shape index (κ1) is 21.3. The van der Waals surface area contributed by atoms with Crippen molar-refractivity contribution in [2.75, 3.05) is 33.6 Å². The van der Waals surface area contributed by atoms with Gasteiger partial charge in [0.1, 0.15) is 13.2 Å². The van der Waals surface area contributed by atoms with Crippen molar-refractivity contribution in [1.82, 2.24) is 5.32 Å². The van der Waals surface area contributed by atoms with E-state index in [0.717, 1.165) is 0 Å². The largest absolute Gasteiger partial charge is 0.462 e. The van der Waals surface area contributed by atoms with Crippen molar-refractivity contribution >= 4 is 26.4 Å². The van der Waals surface area contributed by atoms with Gasteiger partial charge in [0.25, 0.3) is 0 Å². The molecule has 0 bridgehead atoms. The fourth-order valence-corrected chi connectivity index (χ4v) is 2.25. The summed E-state index contributed by atoms with van der Waals surface area (Å²) < 4.78 is 20.1. The van der Waals surface area contributed by atoms with Gasteiger partial charge >= 0.3 is 20.5 Å². The molecule has 0 rings (SSSR count). The number of hydrogen-bond donors (Lipinski definition) is 1. The van der Waals surface area contributed by atoms with Gasteiger partial charge in [0.15, 0.2) is 0 Å². The van der Waals surface area contributed by atoms with E-state index in [1.807, 2.05) is 6.55 Å². The summed E-state index contributed by atoms with van der Waals surface area (Å²) >= 11 is 0. The summed E-state index contributed by atoms with van der Waals surface area (Å²) in [5.74, 6) is -1.36. The molecular formula is C14H25NO7Si. The van der Waals surface area contributed by atoms with E-state index in [1.165, 1.54) is 21.1 Å². The van der Waals surface area contributed by atoms with Crippen LogP contribution >= 0.6 is 0 Å². The quantitative estimate of drug-likeness (QED) is 0.251. The molecule has 0 heterocycles. The highest BCUT2D eigenvalue weighted by molar-refractivity contribution is 6.66. The van der Waals surface area contributed by atoms with Gasteiger partial charge in [0.2, 0.25) is 5.91 Å². The third-order valence-corrected chi connectivity index (χ3v) is 5.50. The van der Waals surface area contributed by atoms with Gasteiger partial charge in [-0.2, -0.15) is 0 Å². The highest BCUT2D eigenvalue weighted by Crippen LogP contribution is 2.02. The van der Waals surface area contributed by atoms with Crippen LogP contribution in [0.25, 0.3) is 0 Å². The lowest BCUT2D eigenvalue weighted by Crippen LogP contribution is -2.48. The summed E-state index contributed by atoms with van der Waals surface area (Å²) in [6, 6.07) is 0. The second kappa shape index (κ2) is 10.9. The molecule has 9 heteroatoms. The lowest BCUT2D eigenvalue weighted by atomic mass is 10.3. The lowest BCUT2D eigenvalue weighted by Gasteiger charge is -2.22. The lowest BCUT2D eigenvalue weighted by molar-refractivity contribution is -0.150. The van der Waals surface area contributed by atoms with Crippen LogP contribution in [0.5, 0.6) is 0 Å². The second-order valence-electron chi connectivity index (χ2n) is 4.96. The molecule has 0 aromatic carbocycles. The van der Waals surface area contributed by atoms with Crippen molar-refractivity contribution < 1.29 is 32.7 Å². The van der Waals surface area contributed by atoms with E-state index in [0.29, 0.717) is 6.17 Å². The number of ether oxygens (including phenoxy) is 2. The summed E-state index contributed by atoms with van der Waals surface area (Å²) in [7, 11) is 0.689. The van der Waals surface area contributed by atoms with Gasteiger partial charge in [-0.25, -0.2) is 4.79 Å². The summed E-state index contributed by atoms with van der Waals surface area (Å²) in [5, 5.41) is 2.66. The molecule has 0 aromatic heterocycles. The standard InChI is InChI=1S/C14H25NO7Si/c1-11(2)14(18)22-9-8-21-13(17)7-6-12(16)15-10-23(5,19-3)20-4/h1,6-10H2,2-5H3,(H,15,16). The first-order valence-electron chi connectivity index (χ1n) is 7.09. The van der Waals surface area contributed by atoms with Crippen LogP contribution in [0.1, 0.15) is 19.8 Å². The molecule has 0 radical (unpaired) electrons. The molecule has 0 aromatic rings. The fourth-order valence-electron chi connectivity index (χ4n) is 1.28. The number of nitrogens with one attached hydrogen (secondary N) is 1. The zero-order chi connectivity index (χ0) is 17.9. The number of carbonyl (C=O) groups is 3. The molecule has 0 saturated heterocycles. The van der Waals surface area contributed by atoms with Crippen LogP contribution in [0.15, 0.2) is 12.2 Å². The Morgan fingerprint density at radius 1 is 1.04 bits per heavy atom. The molecule has 1 amide bonds. The van der Waals surface area contributed by atoms with Crippen molar-refractivity contribution in [2.24, 2.45) is 0 Å². The van der Waals surface area contributed by atoms with Crippen molar-refractivity contribution in [3.63, 3.8) is 0 Å². The number of rotatable bonds is 11. The number of amides is 1. The molecule has 0 aliphatic carbocycles. The first-order valence-corrected chi connectivity index (χ1v) is 9.61. The molecule has 1 N–H and O–H groups in total. The number of esters is 2. The van der Waals surface area contributed by atoms with Gasteiger partial charge in [-0.3, -0.25) is 9.59 Å². The van der Waals surface area contributed by atoms with Crippen LogP contribution < -0.4 is 5.32 Å². The Morgan fingerprint density at radius 3 is 2.13 bits per heavy atom. The topological polar surface area (TPSA) is 100 Å². The van der Waals surface area contributed by atoms with Crippen LogP contribution in [0.4, 0.5) is 0 Å². The summed E-state index contributed by atoms with van der Waals surface area (Å²) in [5.41, 5.74) is 0.274. The van der Waals surface area contributed by atoms with E-state index in [9.17, 15) is 14.4 Å². The van der Waals surface area contributed by atoms with E-state index >= 15 is 0 Å². The minimum absolute atomic E-state index is 0.00228. The highest BCUT2D eigenvalue weighted by Gasteiger charge is 2.29. The molecule has 0 saturated carbocycles. The molecule has 0 fully saturated rings. The molecule has 0 aliphatic heterocycles. The predicted molar refractivity (Wildman–Crippen MR) is 84.6 cm³/mol. The van der Waals surface area contributed by atoms with Gasteiger partial charge in [0, 0.05) is 26.2 Å². The zero-order valence-corrected chi connectivity index (χ0v) is 15.1. The molecule has 0 unspecified atom stereocenters. The Kier molecular flexibility index (Phi) is 10.1. The van der Waals surface area contributed by atoms with Crippen molar-refractivity contribution in [1.29, 1.82) is 0 Å². The first-order chi connectivity index (χ1) is 10.7. The third-order valence-electron chi connectivity index (χ3n) is 2.95. The maximum Gasteiger partial charge on any atom is 0.354 e. The van der Waals surface area contributed by atoms with Gasteiger partial charge < -0.3 is 23.6 Å². The maximum absolute atomic E-state index is 11.6. The highest BCUT2D eigenvalue weighted by atomic mass is 28.4. The molecule has 0 aliphatic rings. The van der Waals surface area contributed by atoms with Crippen molar-refractivity contribution in [3.05, 3.63) is 12.2 Å². The van der Waals surface area contributed by atoms with Crippen molar-refractivity contribution in [2.45, 2.75) is 26.3 Å². The van der Waals surface area contributed by atoms with Gasteiger partial charge in [-0.05, 0) is 13.5 Å². The van der Waals surface area contributed by atoms with Gasteiger partial charge in [0.05, 0.1) is 12.6 Å². The normalized spacial score (nSPS) is 10.8. The summed E-state index contributed by atoms with van der Waals surface area (Å²) in [4.78, 5) is 34.1. The van der Waals surface area contributed by atoms with E-state index in [2.05, 4.69) is 11.9 Å². The average Bonchev–Trinajstić information content (AvgIpc) is 2.54.